The van der Waals surface area contributed by atoms with Crippen LogP contribution in [-0.4, -0.2) is 11.6 Å². The molecule has 0 heterocycles. The number of hydrogen-bond donors (Lipinski definition) is 1. The van der Waals surface area contributed by atoms with Crippen LogP contribution >= 0.6 is 11.6 Å². The third-order valence-corrected chi connectivity index (χ3v) is 3.57. The van der Waals surface area contributed by atoms with Crippen molar-refractivity contribution in [2.45, 2.75) is 0 Å². The van der Waals surface area contributed by atoms with Crippen molar-refractivity contribution in [1.82, 2.24) is 0 Å². The molecule has 1 N–H and O–H groups in total. The fourth-order valence-corrected chi connectivity index (χ4v) is 2.38. The Morgan fingerprint density at radius 3 is 2.17 bits per heavy atom. The molecule has 0 aromatic heterocycles. The van der Waals surface area contributed by atoms with Gasteiger partial charge < -0.3 is 5.32 Å². The second-order valence-electron chi connectivity index (χ2n) is 5.13. The van der Waals surface area contributed by atoms with E-state index in [4.69, 9.17) is 11.6 Å². The van der Waals surface area contributed by atoms with Gasteiger partial charge in [0, 0.05) is 16.3 Å². The van der Waals surface area contributed by atoms with Crippen LogP contribution in [0.1, 0.15) is 10.4 Å². The highest BCUT2D eigenvalue weighted by atomic mass is 35.5. The molecule has 0 aliphatic carbocycles. The first-order valence-electron chi connectivity index (χ1n) is 7.48. The van der Waals surface area contributed by atoms with E-state index in [1.165, 1.54) is 0 Å². The number of nitrogens with zero attached hydrogens (tertiary/aromatic N) is 1. The smallest absolute Gasteiger partial charge is 0.228 e. The Kier molecular flexibility index (Phi) is 5.04. The molecule has 3 nitrogen and oxygen atoms in total. The average Bonchev–Trinajstić information content (AvgIpc) is 2.62. The van der Waals surface area contributed by atoms with Gasteiger partial charge in [-0.2, -0.15) is 0 Å². The van der Waals surface area contributed by atoms with Crippen molar-refractivity contribution in [3.05, 3.63) is 95.5 Å². The van der Waals surface area contributed by atoms with Crippen LogP contribution < -0.4 is 5.32 Å². The topological polar surface area (TPSA) is 41.5 Å². The molecule has 3 aromatic rings. The van der Waals surface area contributed by atoms with E-state index in [9.17, 15) is 4.79 Å². The Bertz CT molecular complexity index is 861. The summed E-state index contributed by atoms with van der Waals surface area (Å²) in [6.07, 6.45) is 0. The first kappa shape index (κ1) is 16.0. The van der Waals surface area contributed by atoms with Gasteiger partial charge >= 0.3 is 0 Å². The highest BCUT2D eigenvalue weighted by Crippen LogP contribution is 2.16. The first-order chi connectivity index (χ1) is 11.7. The van der Waals surface area contributed by atoms with E-state index in [2.05, 4.69) is 10.3 Å². The maximum atomic E-state index is 12.9. The SMILES string of the molecule is O=C(C(=Nc1ccccc1)Nc1ccccc1)c1cccc(Cl)c1. The zero-order valence-corrected chi connectivity index (χ0v) is 13.6. The molecule has 0 spiro atoms. The lowest BCUT2D eigenvalue weighted by Crippen LogP contribution is -2.23. The number of nitrogens with one attached hydrogen (secondary N) is 1. The van der Waals surface area contributed by atoms with E-state index in [0.29, 0.717) is 16.3 Å². The number of hydrogen-bond acceptors (Lipinski definition) is 2. The van der Waals surface area contributed by atoms with E-state index >= 15 is 0 Å². The summed E-state index contributed by atoms with van der Waals surface area (Å²) >= 11 is 6.00. The molecule has 118 valence electrons. The maximum Gasteiger partial charge on any atom is 0.228 e. The number of carbonyl (C=O) groups excluding carboxylic acids is 1. The lowest BCUT2D eigenvalue weighted by molar-refractivity contribution is 0.106. The molecule has 0 saturated heterocycles. The van der Waals surface area contributed by atoms with Crippen LogP contribution in [0.2, 0.25) is 5.02 Å². The number of benzene rings is 3. The molecule has 3 rings (SSSR count). The van der Waals surface area contributed by atoms with E-state index < -0.39 is 0 Å². The Labute approximate surface area is 145 Å². The van der Waals surface area contributed by atoms with Gasteiger partial charge in [-0.05, 0) is 36.4 Å². The van der Waals surface area contributed by atoms with Crippen molar-refractivity contribution >= 4 is 34.6 Å². The average molecular weight is 335 g/mol. The minimum absolute atomic E-state index is 0.217. The third kappa shape index (κ3) is 4.09. The molecule has 0 aliphatic heterocycles. The molecular weight excluding hydrogens is 320 g/mol. The predicted octanol–water partition coefficient (Wildman–Crippen LogP) is 5.37. The Balaban J connectivity index is 1.98. The van der Waals surface area contributed by atoms with Gasteiger partial charge in [0.05, 0.1) is 5.69 Å². The van der Waals surface area contributed by atoms with E-state index in [1.807, 2.05) is 60.7 Å². The van der Waals surface area contributed by atoms with Gasteiger partial charge in [0.2, 0.25) is 5.78 Å². The van der Waals surface area contributed by atoms with Crippen LogP contribution in [-0.2, 0) is 0 Å². The summed E-state index contributed by atoms with van der Waals surface area (Å²) < 4.78 is 0. The van der Waals surface area contributed by atoms with Gasteiger partial charge in [-0.1, -0.05) is 60.1 Å². The van der Waals surface area contributed by atoms with Crippen molar-refractivity contribution < 1.29 is 4.79 Å². The lowest BCUT2D eigenvalue weighted by atomic mass is 10.1. The second kappa shape index (κ2) is 7.57. The fraction of sp³-hybridized carbons (Fsp3) is 0. The predicted molar refractivity (Wildman–Crippen MR) is 99.4 cm³/mol. The minimum Gasteiger partial charge on any atom is -0.337 e. The Morgan fingerprint density at radius 1 is 0.833 bits per heavy atom. The zero-order valence-electron chi connectivity index (χ0n) is 12.8. The molecule has 0 bridgehead atoms. The van der Waals surface area contributed by atoms with Crippen LogP contribution in [0.3, 0.4) is 0 Å². The number of amidine groups is 1. The quantitative estimate of drug-likeness (QED) is 0.396. The van der Waals surface area contributed by atoms with Crippen molar-refractivity contribution in [2.75, 3.05) is 5.32 Å². The van der Waals surface area contributed by atoms with Crippen LogP contribution in [0.25, 0.3) is 0 Å². The van der Waals surface area contributed by atoms with Gasteiger partial charge in [-0.25, -0.2) is 4.99 Å². The second-order valence-corrected chi connectivity index (χ2v) is 5.56. The number of rotatable bonds is 4. The highest BCUT2D eigenvalue weighted by Gasteiger charge is 2.15. The Morgan fingerprint density at radius 2 is 1.50 bits per heavy atom. The largest absolute Gasteiger partial charge is 0.337 e. The molecule has 0 fully saturated rings. The van der Waals surface area contributed by atoms with E-state index in [1.54, 1.807) is 24.3 Å². The monoisotopic (exact) mass is 334 g/mol. The van der Waals surface area contributed by atoms with Crippen molar-refractivity contribution in [1.29, 1.82) is 0 Å². The third-order valence-electron chi connectivity index (χ3n) is 3.34. The first-order valence-corrected chi connectivity index (χ1v) is 7.86. The van der Waals surface area contributed by atoms with Gasteiger partial charge in [0.1, 0.15) is 0 Å². The summed E-state index contributed by atoms with van der Waals surface area (Å²) in [6, 6.07) is 25.7. The molecule has 0 aliphatic rings. The summed E-state index contributed by atoms with van der Waals surface area (Å²) in [7, 11) is 0. The number of anilines is 1. The molecule has 24 heavy (non-hydrogen) atoms. The summed E-state index contributed by atoms with van der Waals surface area (Å²) in [6.45, 7) is 0. The number of ketones is 1. The maximum absolute atomic E-state index is 12.9. The number of Topliss-reactive ketones (excluding diaryl/α,β-unsaturated/α-hetero) is 1. The zero-order chi connectivity index (χ0) is 16.8. The van der Waals surface area contributed by atoms with Gasteiger partial charge in [-0.3, -0.25) is 4.79 Å². The molecule has 0 atom stereocenters. The van der Waals surface area contributed by atoms with Crippen molar-refractivity contribution in [2.24, 2.45) is 4.99 Å². The normalized spacial score (nSPS) is 11.1. The molecule has 3 aromatic carbocycles. The Hall–Kier alpha value is -2.91. The van der Waals surface area contributed by atoms with Crippen molar-refractivity contribution in [3.63, 3.8) is 0 Å². The number of halogens is 1. The van der Waals surface area contributed by atoms with Gasteiger partial charge in [0.15, 0.2) is 5.84 Å². The van der Waals surface area contributed by atoms with Crippen LogP contribution in [0.5, 0.6) is 0 Å². The fourth-order valence-electron chi connectivity index (χ4n) is 2.19. The number of para-hydroxylation sites is 2. The molecule has 0 unspecified atom stereocenters. The van der Waals surface area contributed by atoms with Crippen molar-refractivity contribution in [3.8, 4) is 0 Å². The molecule has 0 amide bonds. The lowest BCUT2D eigenvalue weighted by Gasteiger charge is -2.10. The summed E-state index contributed by atoms with van der Waals surface area (Å²) in [5.74, 6) is 0.0277. The molecule has 4 heteroatoms. The number of aliphatic imine (C=N–C) groups is 1. The molecular formula is C20H15ClN2O. The summed E-state index contributed by atoms with van der Waals surface area (Å²) in [5.41, 5.74) is 1.98. The van der Waals surface area contributed by atoms with Gasteiger partial charge in [0.25, 0.3) is 0 Å². The van der Waals surface area contributed by atoms with Crippen LogP contribution in [0.4, 0.5) is 11.4 Å². The van der Waals surface area contributed by atoms with Crippen LogP contribution in [0, 0.1) is 0 Å². The summed E-state index contributed by atoms with van der Waals surface area (Å²) in [5, 5.41) is 3.62. The number of carbonyl (C=O) groups is 1. The summed E-state index contributed by atoms with van der Waals surface area (Å²) in [4.78, 5) is 17.3. The molecule has 0 radical (unpaired) electrons. The minimum atomic E-state index is -0.217. The highest BCUT2D eigenvalue weighted by molar-refractivity contribution is 6.49. The van der Waals surface area contributed by atoms with E-state index in [0.717, 1.165) is 5.69 Å². The van der Waals surface area contributed by atoms with Gasteiger partial charge in [-0.15, -0.1) is 0 Å². The molecule has 0 saturated carbocycles. The standard InChI is InChI=1S/C20H15ClN2O/c21-16-9-7-8-15(14-16)19(24)20(22-17-10-3-1-4-11-17)23-18-12-5-2-6-13-18/h1-14H,(H,22,23). The van der Waals surface area contributed by atoms with E-state index in [-0.39, 0.29) is 11.6 Å². The van der Waals surface area contributed by atoms with Crippen LogP contribution in [0.15, 0.2) is 89.9 Å².